The minimum absolute atomic E-state index is 0.0632. The van der Waals surface area contributed by atoms with Crippen LogP contribution in [0.25, 0.3) is 65.3 Å². The molecule has 7 aromatic carbocycles. The molecule has 1 aliphatic rings. The van der Waals surface area contributed by atoms with Crippen molar-refractivity contribution in [3.63, 3.8) is 0 Å². The molecule has 1 aliphatic heterocycles. The molecule has 0 unspecified atom stereocenters. The highest BCUT2D eigenvalue weighted by Gasteiger charge is 2.24. The van der Waals surface area contributed by atoms with Gasteiger partial charge in [0.2, 0.25) is 0 Å². The molecule has 0 bridgehead atoms. The van der Waals surface area contributed by atoms with Gasteiger partial charge in [-0.15, -0.1) is 11.8 Å². The fraction of sp³-hybridized carbons (Fsp3) is 0.0556. The van der Waals surface area contributed by atoms with E-state index in [-0.39, 0.29) is 5.82 Å². The van der Waals surface area contributed by atoms with Crippen molar-refractivity contribution in [3.05, 3.63) is 127 Å². The van der Waals surface area contributed by atoms with Gasteiger partial charge in [0.15, 0.2) is 0 Å². The summed E-state index contributed by atoms with van der Waals surface area (Å²) < 4.78 is 16.1. The fourth-order valence-corrected chi connectivity index (χ4v) is 7.45. The molecule has 0 nitrogen and oxygen atoms in total. The highest BCUT2D eigenvalue weighted by molar-refractivity contribution is 7.99. The Morgan fingerprint density at radius 1 is 0.500 bits per heavy atom. The van der Waals surface area contributed by atoms with Gasteiger partial charge in [-0.3, -0.25) is 0 Å². The van der Waals surface area contributed by atoms with Crippen LogP contribution in [0.3, 0.4) is 0 Å². The van der Waals surface area contributed by atoms with Gasteiger partial charge in [0.05, 0.1) is 0 Å². The monoisotopic (exact) mass is 506 g/mol. The molecule has 1 heterocycles. The Morgan fingerprint density at radius 3 is 1.68 bits per heavy atom. The van der Waals surface area contributed by atoms with E-state index in [1.807, 2.05) is 6.07 Å². The highest BCUT2D eigenvalue weighted by atomic mass is 32.2. The molecule has 0 N–H and O–H groups in total. The van der Waals surface area contributed by atoms with Crippen molar-refractivity contribution in [1.82, 2.24) is 0 Å². The fourth-order valence-electron chi connectivity index (χ4n) is 6.40. The molecule has 0 saturated heterocycles. The van der Waals surface area contributed by atoms with Crippen LogP contribution in [-0.4, -0.2) is 5.75 Å². The number of hydrogen-bond donors (Lipinski definition) is 0. The van der Waals surface area contributed by atoms with Crippen molar-refractivity contribution < 1.29 is 4.39 Å². The van der Waals surface area contributed by atoms with E-state index in [9.17, 15) is 0 Å². The number of benzene rings is 7. The van der Waals surface area contributed by atoms with E-state index in [1.54, 1.807) is 11.8 Å². The maximum absolute atomic E-state index is 16.1. The molecule has 0 fully saturated rings. The van der Waals surface area contributed by atoms with Gasteiger partial charge in [-0.25, -0.2) is 4.39 Å². The summed E-state index contributed by atoms with van der Waals surface area (Å²) in [5, 5.41) is 9.43. The van der Waals surface area contributed by atoms with Crippen LogP contribution in [-0.2, 0) is 6.42 Å². The minimum Gasteiger partial charge on any atom is -0.206 e. The predicted octanol–water partition coefficient (Wildman–Crippen LogP) is 10.4. The van der Waals surface area contributed by atoms with Gasteiger partial charge in [-0.05, 0) is 72.8 Å². The zero-order valence-electron chi connectivity index (χ0n) is 20.7. The van der Waals surface area contributed by atoms with Gasteiger partial charge in [0, 0.05) is 27.3 Å². The van der Waals surface area contributed by atoms with Crippen LogP contribution in [0.1, 0.15) is 5.56 Å². The zero-order valence-corrected chi connectivity index (χ0v) is 21.5. The lowest BCUT2D eigenvalue weighted by Crippen LogP contribution is -1.96. The number of thioether (sulfide) groups is 1. The Morgan fingerprint density at radius 2 is 1.03 bits per heavy atom. The maximum Gasteiger partial charge on any atom is 0.135 e. The molecular weight excluding hydrogens is 483 g/mol. The van der Waals surface area contributed by atoms with Crippen LogP contribution in [0.4, 0.5) is 4.39 Å². The molecular formula is C36H23FS. The molecule has 7 aromatic rings. The first-order valence-corrected chi connectivity index (χ1v) is 14.1. The molecule has 0 aliphatic carbocycles. The minimum atomic E-state index is -0.0632. The average Bonchev–Trinajstić information content (AvgIpc) is 3.46. The molecule has 0 amide bonds. The summed E-state index contributed by atoms with van der Waals surface area (Å²) in [6.07, 6.45) is 0.788. The summed E-state index contributed by atoms with van der Waals surface area (Å²) in [6.45, 7) is 0. The quantitative estimate of drug-likeness (QED) is 0.166. The molecule has 0 radical (unpaired) electrons. The van der Waals surface area contributed by atoms with Crippen molar-refractivity contribution in [3.8, 4) is 22.3 Å². The molecule has 0 saturated carbocycles. The molecule has 8 rings (SSSR count). The van der Waals surface area contributed by atoms with Crippen molar-refractivity contribution in [2.45, 2.75) is 11.3 Å². The average molecular weight is 507 g/mol. The third-order valence-electron chi connectivity index (χ3n) is 8.05. The van der Waals surface area contributed by atoms with Gasteiger partial charge in [-0.2, -0.15) is 0 Å². The Bertz CT molecular complexity index is 2010. The van der Waals surface area contributed by atoms with Gasteiger partial charge in [0.25, 0.3) is 0 Å². The summed E-state index contributed by atoms with van der Waals surface area (Å²) in [5.74, 6) is 0.886. The van der Waals surface area contributed by atoms with E-state index >= 15 is 4.39 Å². The molecule has 180 valence electrons. The first-order chi connectivity index (χ1) is 18.8. The van der Waals surface area contributed by atoms with Crippen LogP contribution < -0.4 is 0 Å². The Labute approximate surface area is 224 Å². The normalized spacial score (nSPS) is 13.1. The first-order valence-electron chi connectivity index (χ1n) is 13.1. The van der Waals surface area contributed by atoms with E-state index in [0.29, 0.717) is 5.56 Å². The second-order valence-corrected chi connectivity index (χ2v) is 11.2. The lowest BCUT2D eigenvalue weighted by atomic mass is 9.83. The number of hydrogen-bond acceptors (Lipinski definition) is 1. The second kappa shape index (κ2) is 8.44. The van der Waals surface area contributed by atoms with E-state index in [1.165, 1.54) is 32.7 Å². The Kier molecular flexibility index (Phi) is 4.86. The van der Waals surface area contributed by atoms with Crippen LogP contribution in [0, 0.1) is 5.82 Å². The summed E-state index contributed by atoms with van der Waals surface area (Å²) >= 11 is 1.75. The van der Waals surface area contributed by atoms with Gasteiger partial charge < -0.3 is 0 Å². The zero-order chi connectivity index (χ0) is 25.2. The second-order valence-electron chi connectivity index (χ2n) is 10.0. The van der Waals surface area contributed by atoms with E-state index in [4.69, 9.17) is 0 Å². The summed E-state index contributed by atoms with van der Waals surface area (Å²) in [5.41, 5.74) is 4.98. The van der Waals surface area contributed by atoms with E-state index in [0.717, 1.165) is 49.7 Å². The topological polar surface area (TPSA) is 0 Å². The van der Waals surface area contributed by atoms with Crippen molar-refractivity contribution in [1.29, 1.82) is 0 Å². The first kappa shape index (κ1) is 21.9. The van der Waals surface area contributed by atoms with Crippen LogP contribution in [0.15, 0.2) is 120 Å². The number of fused-ring (bicyclic) bond motifs is 6. The largest absolute Gasteiger partial charge is 0.206 e. The van der Waals surface area contributed by atoms with Gasteiger partial charge >= 0.3 is 0 Å². The van der Waals surface area contributed by atoms with Crippen LogP contribution in [0.5, 0.6) is 0 Å². The lowest BCUT2D eigenvalue weighted by Gasteiger charge is -2.20. The smallest absolute Gasteiger partial charge is 0.135 e. The predicted molar refractivity (Wildman–Crippen MR) is 162 cm³/mol. The lowest BCUT2D eigenvalue weighted by molar-refractivity contribution is 0.613. The van der Waals surface area contributed by atoms with Crippen LogP contribution >= 0.6 is 11.8 Å². The van der Waals surface area contributed by atoms with Gasteiger partial charge in [-0.1, -0.05) is 103 Å². The standard InChI is InChI=1S/C36H23FS/c37-36-30-19-20-38-33(30)18-17-31(36)34-26-13-5-7-15-28(26)35(29-16-8-6-14-27(29)34)32-21-22-9-1-2-10-23(22)24-11-3-4-12-25(24)32/h1-18,21H,19-20H2. The van der Waals surface area contributed by atoms with Crippen molar-refractivity contribution in [2.24, 2.45) is 0 Å². The van der Waals surface area contributed by atoms with Gasteiger partial charge in [0.1, 0.15) is 5.82 Å². The summed E-state index contributed by atoms with van der Waals surface area (Å²) in [4.78, 5) is 1.08. The highest BCUT2D eigenvalue weighted by Crippen LogP contribution is 2.48. The van der Waals surface area contributed by atoms with E-state index in [2.05, 4.69) is 109 Å². The Balaban J connectivity index is 1.56. The third-order valence-corrected chi connectivity index (χ3v) is 9.15. The number of halogens is 1. The molecule has 2 heteroatoms. The molecule has 38 heavy (non-hydrogen) atoms. The Hall–Kier alpha value is -4.14. The van der Waals surface area contributed by atoms with E-state index < -0.39 is 0 Å². The molecule has 0 spiro atoms. The summed E-state index contributed by atoms with van der Waals surface area (Å²) in [6, 6.07) is 40.8. The van der Waals surface area contributed by atoms with Crippen molar-refractivity contribution >= 4 is 54.9 Å². The third kappa shape index (κ3) is 3.10. The van der Waals surface area contributed by atoms with Crippen LogP contribution in [0.2, 0.25) is 0 Å². The SMILES string of the molecule is Fc1c(-c2c3ccccc3c(-c3cc4ccccc4c4ccccc34)c3ccccc23)ccc2c1CCS2. The number of rotatable bonds is 2. The van der Waals surface area contributed by atoms with Crippen molar-refractivity contribution in [2.75, 3.05) is 5.75 Å². The molecule has 0 aromatic heterocycles. The summed E-state index contributed by atoms with van der Waals surface area (Å²) in [7, 11) is 0. The maximum atomic E-state index is 16.1. The molecule has 0 atom stereocenters.